The maximum Gasteiger partial charge on any atom is 0.103 e. The lowest BCUT2D eigenvalue weighted by Gasteiger charge is -2.18. The summed E-state index contributed by atoms with van der Waals surface area (Å²) in [6.45, 7) is 2.01. The van der Waals surface area contributed by atoms with Gasteiger partial charge >= 0.3 is 0 Å². The van der Waals surface area contributed by atoms with Gasteiger partial charge in [-0.15, -0.1) is 0 Å². The van der Waals surface area contributed by atoms with Crippen LogP contribution in [0.4, 0.5) is 5.69 Å². The van der Waals surface area contributed by atoms with Crippen molar-refractivity contribution in [1.82, 2.24) is 10.3 Å². The molecule has 20 heavy (non-hydrogen) atoms. The molecule has 1 aromatic rings. The lowest BCUT2D eigenvalue weighted by atomic mass is 10.1. The molecule has 0 radical (unpaired) electrons. The molecule has 2 heterocycles. The maximum absolute atomic E-state index is 7.18. The molecule has 106 valence electrons. The average Bonchev–Trinajstić information content (AvgIpc) is 2.49. The van der Waals surface area contributed by atoms with E-state index in [2.05, 4.69) is 15.3 Å². The summed E-state index contributed by atoms with van der Waals surface area (Å²) in [7, 11) is 0. The molecular weight excluding hydrogens is 252 g/mol. The van der Waals surface area contributed by atoms with Crippen molar-refractivity contribution in [2.24, 2.45) is 10.7 Å². The van der Waals surface area contributed by atoms with Crippen molar-refractivity contribution >= 4 is 23.7 Å². The molecule has 0 aromatic carbocycles. The van der Waals surface area contributed by atoms with E-state index in [-0.39, 0.29) is 0 Å². The van der Waals surface area contributed by atoms with E-state index in [1.165, 1.54) is 6.20 Å². The van der Waals surface area contributed by atoms with Crippen molar-refractivity contribution in [2.75, 3.05) is 18.8 Å². The Hall–Kier alpha value is -2.21. The second kappa shape index (κ2) is 6.81. The Bertz CT molecular complexity index is 528. The number of aliphatic imine (C=N–C) groups is 1. The summed E-state index contributed by atoms with van der Waals surface area (Å²) in [4.78, 5) is 8.70. The fraction of sp³-hybridized carbons (Fsp3) is 0.357. The van der Waals surface area contributed by atoms with Gasteiger partial charge in [0.1, 0.15) is 5.69 Å². The minimum Gasteiger partial charge on any atom is -0.404 e. The number of rotatable bonds is 4. The molecular formula is C14H20N6. The Labute approximate surface area is 118 Å². The number of pyridine rings is 1. The molecule has 0 bridgehead atoms. The number of hydrogen-bond donors (Lipinski definition) is 4. The molecule has 2 rings (SSSR count). The smallest absolute Gasteiger partial charge is 0.103 e. The summed E-state index contributed by atoms with van der Waals surface area (Å²) in [5.41, 5.74) is 14.0. The lowest BCUT2D eigenvalue weighted by Crippen LogP contribution is -2.29. The molecule has 1 fully saturated rings. The van der Waals surface area contributed by atoms with Gasteiger partial charge in [0.25, 0.3) is 0 Å². The second-order valence-electron chi connectivity index (χ2n) is 4.72. The first kappa shape index (κ1) is 14.2. The highest BCUT2D eigenvalue weighted by Gasteiger charge is 2.11. The number of nitrogens with one attached hydrogen (secondary N) is 2. The molecule has 0 aliphatic carbocycles. The summed E-state index contributed by atoms with van der Waals surface area (Å²) >= 11 is 0. The average molecular weight is 272 g/mol. The molecule has 6 heteroatoms. The third kappa shape index (κ3) is 3.42. The van der Waals surface area contributed by atoms with Gasteiger partial charge in [-0.05, 0) is 32.0 Å². The van der Waals surface area contributed by atoms with Gasteiger partial charge in [-0.25, -0.2) is 0 Å². The fourth-order valence-corrected chi connectivity index (χ4v) is 2.13. The highest BCUT2D eigenvalue weighted by atomic mass is 14.9. The number of hydrogen-bond acceptors (Lipinski definition) is 6. The highest BCUT2D eigenvalue weighted by molar-refractivity contribution is 6.10. The van der Waals surface area contributed by atoms with Gasteiger partial charge in [0.15, 0.2) is 0 Å². The SMILES string of the molecule is N=Cc1ncc(C(C=NC2CCNCC2)=CN)cc1N. The van der Waals surface area contributed by atoms with Crippen molar-refractivity contribution in [3.63, 3.8) is 0 Å². The van der Waals surface area contributed by atoms with E-state index in [9.17, 15) is 0 Å². The van der Waals surface area contributed by atoms with E-state index in [0.717, 1.165) is 43.3 Å². The number of nitrogen functional groups attached to an aromatic ring is 1. The third-order valence-corrected chi connectivity index (χ3v) is 3.33. The summed E-state index contributed by atoms with van der Waals surface area (Å²) in [6, 6.07) is 2.11. The van der Waals surface area contributed by atoms with Gasteiger partial charge in [-0.1, -0.05) is 0 Å². The zero-order valence-electron chi connectivity index (χ0n) is 11.3. The Balaban J connectivity index is 2.13. The molecule has 0 unspecified atom stereocenters. The monoisotopic (exact) mass is 272 g/mol. The van der Waals surface area contributed by atoms with Gasteiger partial charge in [0.05, 0.1) is 11.7 Å². The summed E-state index contributed by atoms with van der Waals surface area (Å²) in [6.07, 6.45) is 8.17. The Morgan fingerprint density at radius 3 is 2.80 bits per heavy atom. The Kier molecular flexibility index (Phi) is 4.84. The van der Waals surface area contributed by atoms with Gasteiger partial charge in [-0.3, -0.25) is 9.98 Å². The quantitative estimate of drug-likeness (QED) is 0.607. The van der Waals surface area contributed by atoms with E-state index < -0.39 is 0 Å². The normalized spacial score (nSPS) is 17.5. The summed E-state index contributed by atoms with van der Waals surface area (Å²) < 4.78 is 0. The first-order chi connectivity index (χ1) is 9.74. The van der Waals surface area contributed by atoms with Crippen molar-refractivity contribution in [1.29, 1.82) is 5.41 Å². The minimum absolute atomic E-state index is 0.345. The largest absolute Gasteiger partial charge is 0.404 e. The zero-order valence-corrected chi connectivity index (χ0v) is 11.3. The highest BCUT2D eigenvalue weighted by Crippen LogP contribution is 2.17. The molecule has 0 atom stereocenters. The van der Waals surface area contributed by atoms with Crippen molar-refractivity contribution in [3.05, 3.63) is 29.7 Å². The van der Waals surface area contributed by atoms with Crippen LogP contribution in [0, 0.1) is 5.41 Å². The number of anilines is 1. The van der Waals surface area contributed by atoms with Gasteiger partial charge in [-0.2, -0.15) is 0 Å². The van der Waals surface area contributed by atoms with Crippen molar-refractivity contribution < 1.29 is 0 Å². The number of nitrogens with two attached hydrogens (primary N) is 2. The molecule has 6 nitrogen and oxygen atoms in total. The molecule has 0 spiro atoms. The second-order valence-corrected chi connectivity index (χ2v) is 4.72. The van der Waals surface area contributed by atoms with Gasteiger partial charge in [0.2, 0.25) is 0 Å². The van der Waals surface area contributed by atoms with Gasteiger partial charge < -0.3 is 22.2 Å². The first-order valence-corrected chi connectivity index (χ1v) is 6.66. The van der Waals surface area contributed by atoms with Crippen LogP contribution in [0.15, 0.2) is 23.5 Å². The van der Waals surface area contributed by atoms with Gasteiger partial charge in [0, 0.05) is 36.0 Å². The molecule has 6 N–H and O–H groups in total. The van der Waals surface area contributed by atoms with E-state index in [4.69, 9.17) is 16.9 Å². The van der Waals surface area contributed by atoms with Crippen LogP contribution in [-0.2, 0) is 0 Å². The minimum atomic E-state index is 0.345. The van der Waals surface area contributed by atoms with Crippen molar-refractivity contribution in [2.45, 2.75) is 18.9 Å². The van der Waals surface area contributed by atoms with Crippen LogP contribution in [0.1, 0.15) is 24.1 Å². The number of nitrogens with zero attached hydrogens (tertiary/aromatic N) is 2. The van der Waals surface area contributed by atoms with Crippen LogP contribution in [-0.4, -0.2) is 36.5 Å². The van der Waals surface area contributed by atoms with Crippen LogP contribution < -0.4 is 16.8 Å². The Morgan fingerprint density at radius 2 is 2.20 bits per heavy atom. The van der Waals surface area contributed by atoms with Crippen LogP contribution in [0.5, 0.6) is 0 Å². The predicted molar refractivity (Wildman–Crippen MR) is 83.1 cm³/mol. The fourth-order valence-electron chi connectivity index (χ4n) is 2.13. The van der Waals surface area contributed by atoms with E-state index in [1.807, 2.05) is 0 Å². The summed E-state index contributed by atoms with van der Waals surface area (Å²) in [5, 5.41) is 10.5. The van der Waals surface area contributed by atoms with Crippen LogP contribution in [0.2, 0.25) is 0 Å². The first-order valence-electron chi connectivity index (χ1n) is 6.66. The molecule has 1 aliphatic rings. The topological polar surface area (TPSA) is 113 Å². The lowest BCUT2D eigenvalue weighted by molar-refractivity contribution is 0.461. The number of aromatic nitrogens is 1. The van der Waals surface area contributed by atoms with E-state index >= 15 is 0 Å². The Morgan fingerprint density at radius 1 is 1.45 bits per heavy atom. The van der Waals surface area contributed by atoms with Crippen molar-refractivity contribution in [3.8, 4) is 0 Å². The molecule has 1 saturated heterocycles. The summed E-state index contributed by atoms with van der Waals surface area (Å²) in [5.74, 6) is 0. The van der Waals surface area contributed by atoms with E-state index in [1.54, 1.807) is 18.5 Å². The van der Waals surface area contributed by atoms with Crippen LogP contribution >= 0.6 is 0 Å². The molecule has 0 saturated carbocycles. The molecule has 1 aromatic heterocycles. The number of piperidine rings is 1. The molecule has 0 amide bonds. The maximum atomic E-state index is 7.18. The zero-order chi connectivity index (χ0) is 14.4. The molecule has 1 aliphatic heterocycles. The van der Waals surface area contributed by atoms with E-state index in [0.29, 0.717) is 17.4 Å². The van der Waals surface area contributed by atoms with Crippen LogP contribution in [0.25, 0.3) is 5.57 Å². The number of allylic oxidation sites excluding steroid dienone is 1. The standard InChI is InChI=1S/C14H20N6/c15-6-11(9-19-12-1-3-18-4-2-12)10-5-13(17)14(7-16)20-8-10/h5-9,12,16,18H,1-4,15,17H2. The third-order valence-electron chi connectivity index (χ3n) is 3.33. The van der Waals surface area contributed by atoms with Crippen LogP contribution in [0.3, 0.4) is 0 Å². The predicted octanol–water partition coefficient (Wildman–Crippen LogP) is 0.784.